The molecule has 2 aromatic rings. The molecular weight excluding hydrogens is 358 g/mol. The second kappa shape index (κ2) is 7.92. The molecule has 0 saturated carbocycles. The van der Waals surface area contributed by atoms with E-state index in [0.717, 1.165) is 74.1 Å². The lowest BCUT2D eigenvalue weighted by Gasteiger charge is -2.47. The van der Waals surface area contributed by atoms with Crippen LogP contribution in [0.3, 0.4) is 0 Å². The van der Waals surface area contributed by atoms with Crippen LogP contribution in [0.25, 0.3) is 0 Å². The van der Waals surface area contributed by atoms with Crippen molar-refractivity contribution in [3.05, 3.63) is 35.1 Å². The number of piperidine rings is 2. The van der Waals surface area contributed by atoms with E-state index in [1.54, 1.807) is 11.3 Å². The Balaban J connectivity index is 1.35. The van der Waals surface area contributed by atoms with Crippen LogP contribution < -0.4 is 4.90 Å². The maximum absolute atomic E-state index is 12.4. The lowest BCUT2D eigenvalue weighted by atomic mass is 9.72. The fraction of sp³-hybridized carbons (Fsp3) is 0.600. The maximum Gasteiger partial charge on any atom is 0.222 e. The van der Waals surface area contributed by atoms with Gasteiger partial charge >= 0.3 is 0 Å². The Morgan fingerprint density at radius 1 is 1.19 bits per heavy atom. The van der Waals surface area contributed by atoms with Crippen molar-refractivity contribution in [1.29, 1.82) is 0 Å². The molecule has 1 amide bonds. The highest BCUT2D eigenvalue weighted by atomic mass is 32.1. The van der Waals surface area contributed by atoms with Gasteiger partial charge in [0.15, 0.2) is 0 Å². The Kier molecular flexibility index (Phi) is 5.38. The van der Waals surface area contributed by atoms with Gasteiger partial charge in [0.1, 0.15) is 5.01 Å². The van der Waals surface area contributed by atoms with Crippen LogP contribution in [0.15, 0.2) is 24.4 Å². The Morgan fingerprint density at radius 2 is 2.04 bits per heavy atom. The number of hydrogen-bond acceptors (Lipinski definition) is 6. The van der Waals surface area contributed by atoms with E-state index < -0.39 is 0 Å². The second-order valence-corrected chi connectivity index (χ2v) is 8.75. The van der Waals surface area contributed by atoms with Gasteiger partial charge in [-0.2, -0.15) is 0 Å². The molecule has 4 heterocycles. The summed E-state index contributed by atoms with van der Waals surface area (Å²) in [5.74, 6) is 0.302. The summed E-state index contributed by atoms with van der Waals surface area (Å²) < 4.78 is 0. The van der Waals surface area contributed by atoms with Gasteiger partial charge in [-0.15, -0.1) is 10.2 Å². The van der Waals surface area contributed by atoms with E-state index in [-0.39, 0.29) is 5.41 Å². The van der Waals surface area contributed by atoms with Crippen LogP contribution in [0.1, 0.15) is 43.3 Å². The quantitative estimate of drug-likeness (QED) is 0.792. The highest BCUT2D eigenvalue weighted by molar-refractivity contribution is 7.15. The molecule has 4 rings (SSSR count). The van der Waals surface area contributed by atoms with E-state index in [4.69, 9.17) is 0 Å². The average molecular weight is 386 g/mol. The van der Waals surface area contributed by atoms with E-state index in [0.29, 0.717) is 12.3 Å². The van der Waals surface area contributed by atoms with Crippen molar-refractivity contribution in [2.45, 2.75) is 45.4 Å². The van der Waals surface area contributed by atoms with Gasteiger partial charge in [-0.1, -0.05) is 24.3 Å². The van der Waals surface area contributed by atoms with Gasteiger partial charge in [0, 0.05) is 50.9 Å². The summed E-state index contributed by atoms with van der Waals surface area (Å²) in [5, 5.41) is 10.8. The molecular formula is C20H27N5OS. The fourth-order valence-corrected chi connectivity index (χ4v) is 5.03. The molecule has 2 aliphatic rings. The highest BCUT2D eigenvalue weighted by Crippen LogP contribution is 2.41. The van der Waals surface area contributed by atoms with Crippen molar-refractivity contribution in [2.24, 2.45) is 5.41 Å². The van der Waals surface area contributed by atoms with E-state index in [1.807, 2.05) is 24.4 Å². The molecule has 0 bridgehead atoms. The number of anilines is 1. The Hall–Kier alpha value is -2.02. The largest absolute Gasteiger partial charge is 0.347 e. The van der Waals surface area contributed by atoms with Crippen LogP contribution >= 0.6 is 11.3 Å². The standard InChI is InChI=1S/C20H27N5OS/c1-2-17-22-23-19(27-17)24-13-9-20(10-14-24)8-6-18(26)25(15-20)12-7-16-5-3-4-11-21-16/h3-5,11H,2,6-10,12-15H2,1H3. The topological polar surface area (TPSA) is 62.2 Å². The molecule has 2 fully saturated rings. The van der Waals surface area contributed by atoms with E-state index in [2.05, 4.69) is 31.9 Å². The number of nitrogens with zero attached hydrogens (tertiary/aromatic N) is 5. The van der Waals surface area contributed by atoms with E-state index >= 15 is 0 Å². The third-order valence-corrected chi connectivity index (χ3v) is 7.09. The summed E-state index contributed by atoms with van der Waals surface area (Å²) in [6.45, 7) is 5.82. The maximum atomic E-state index is 12.4. The van der Waals surface area contributed by atoms with Gasteiger partial charge in [0.25, 0.3) is 0 Å². The summed E-state index contributed by atoms with van der Waals surface area (Å²) in [6.07, 6.45) is 7.56. The van der Waals surface area contributed by atoms with Gasteiger partial charge in [-0.3, -0.25) is 9.78 Å². The minimum atomic E-state index is 0.271. The van der Waals surface area contributed by atoms with Gasteiger partial charge in [0.2, 0.25) is 11.0 Å². The smallest absolute Gasteiger partial charge is 0.222 e. The van der Waals surface area contributed by atoms with Crippen molar-refractivity contribution >= 4 is 22.4 Å². The number of carbonyl (C=O) groups is 1. The number of hydrogen-bond donors (Lipinski definition) is 0. The molecule has 6 nitrogen and oxygen atoms in total. The zero-order valence-corrected chi connectivity index (χ0v) is 16.7. The lowest BCUT2D eigenvalue weighted by Crippen LogP contribution is -2.52. The SMILES string of the molecule is CCc1nnc(N2CCC3(CCC(=O)N(CCc4ccccn4)C3)CC2)s1. The van der Waals surface area contributed by atoms with Crippen molar-refractivity contribution in [3.63, 3.8) is 0 Å². The summed E-state index contributed by atoms with van der Waals surface area (Å²) in [6, 6.07) is 5.98. The highest BCUT2D eigenvalue weighted by Gasteiger charge is 2.41. The van der Waals surface area contributed by atoms with Gasteiger partial charge in [-0.25, -0.2) is 0 Å². The van der Waals surface area contributed by atoms with Gasteiger partial charge < -0.3 is 9.80 Å². The van der Waals surface area contributed by atoms with Crippen molar-refractivity contribution in [3.8, 4) is 0 Å². The molecule has 7 heteroatoms. The zero-order chi connectivity index (χ0) is 18.7. The van der Waals surface area contributed by atoms with Crippen LogP contribution in [0.5, 0.6) is 0 Å². The normalized spacial score (nSPS) is 19.7. The first-order chi connectivity index (χ1) is 13.2. The molecule has 0 aromatic carbocycles. The summed E-state index contributed by atoms with van der Waals surface area (Å²) >= 11 is 1.71. The molecule has 27 heavy (non-hydrogen) atoms. The third kappa shape index (κ3) is 4.13. The van der Waals surface area contributed by atoms with Crippen molar-refractivity contribution < 1.29 is 4.79 Å². The second-order valence-electron chi connectivity index (χ2n) is 7.71. The molecule has 0 radical (unpaired) electrons. The first-order valence-corrected chi connectivity index (χ1v) is 10.7. The molecule has 2 saturated heterocycles. The Bertz CT molecular complexity index is 770. The number of pyridine rings is 1. The van der Waals surface area contributed by atoms with Crippen molar-refractivity contribution in [1.82, 2.24) is 20.1 Å². The van der Waals surface area contributed by atoms with Crippen LogP contribution in [0.2, 0.25) is 0 Å². The van der Waals surface area contributed by atoms with Gasteiger partial charge in [-0.05, 0) is 43.2 Å². The predicted molar refractivity (Wildman–Crippen MR) is 107 cm³/mol. The van der Waals surface area contributed by atoms with Crippen LogP contribution in [0, 0.1) is 5.41 Å². The minimum Gasteiger partial charge on any atom is -0.347 e. The van der Waals surface area contributed by atoms with E-state index in [1.165, 1.54) is 0 Å². The molecule has 0 unspecified atom stereocenters. The molecule has 0 N–H and O–H groups in total. The van der Waals surface area contributed by atoms with Crippen LogP contribution in [0.4, 0.5) is 5.13 Å². The number of rotatable bonds is 5. The predicted octanol–water partition coefficient (Wildman–Crippen LogP) is 2.95. The Labute approximate surface area is 164 Å². The Morgan fingerprint density at radius 3 is 2.74 bits per heavy atom. The third-order valence-electron chi connectivity index (χ3n) is 5.97. The first-order valence-electron chi connectivity index (χ1n) is 9.92. The molecule has 2 aromatic heterocycles. The van der Waals surface area contributed by atoms with Crippen molar-refractivity contribution in [2.75, 3.05) is 31.1 Å². The molecule has 1 spiro atoms. The monoisotopic (exact) mass is 385 g/mol. The number of likely N-dealkylation sites (tertiary alicyclic amines) is 1. The number of carbonyl (C=O) groups excluding carboxylic acids is 1. The molecule has 144 valence electrons. The van der Waals surface area contributed by atoms with Gasteiger partial charge in [0.05, 0.1) is 0 Å². The molecule has 0 aliphatic carbocycles. The lowest BCUT2D eigenvalue weighted by molar-refractivity contribution is -0.138. The van der Waals surface area contributed by atoms with Crippen LogP contribution in [-0.4, -0.2) is 52.2 Å². The fourth-order valence-electron chi connectivity index (χ4n) is 4.20. The number of aryl methyl sites for hydroxylation is 1. The average Bonchev–Trinajstić information content (AvgIpc) is 3.19. The van der Waals surface area contributed by atoms with Crippen LogP contribution in [-0.2, 0) is 17.6 Å². The molecule has 2 aliphatic heterocycles. The summed E-state index contributed by atoms with van der Waals surface area (Å²) in [5.41, 5.74) is 1.33. The number of aromatic nitrogens is 3. The summed E-state index contributed by atoms with van der Waals surface area (Å²) in [7, 11) is 0. The number of amides is 1. The summed E-state index contributed by atoms with van der Waals surface area (Å²) in [4.78, 5) is 21.3. The molecule has 0 atom stereocenters. The zero-order valence-electron chi connectivity index (χ0n) is 15.9. The van der Waals surface area contributed by atoms with E-state index in [9.17, 15) is 4.79 Å². The first kappa shape index (κ1) is 18.3. The minimum absolute atomic E-state index is 0.271.